The summed E-state index contributed by atoms with van der Waals surface area (Å²) in [6.45, 7) is 5.56. The van der Waals surface area contributed by atoms with Crippen LogP contribution in [0.5, 0.6) is 5.75 Å². The van der Waals surface area contributed by atoms with Crippen LogP contribution in [0.4, 0.5) is 0 Å². The highest BCUT2D eigenvalue weighted by molar-refractivity contribution is 9.10. The van der Waals surface area contributed by atoms with Gasteiger partial charge in [-0.15, -0.1) is 11.3 Å². The molecule has 27 heavy (non-hydrogen) atoms. The highest BCUT2D eigenvalue weighted by Gasteiger charge is 2.22. The Morgan fingerprint density at radius 1 is 1.26 bits per heavy atom. The van der Waals surface area contributed by atoms with Gasteiger partial charge in [-0.2, -0.15) is 0 Å². The highest BCUT2D eigenvalue weighted by Crippen LogP contribution is 2.24. The third kappa shape index (κ3) is 5.78. The first-order chi connectivity index (χ1) is 13.0. The molecule has 1 aliphatic heterocycles. The molecule has 0 radical (unpaired) electrons. The van der Waals surface area contributed by atoms with E-state index in [9.17, 15) is 4.79 Å². The number of methoxy groups -OCH3 is 1. The van der Waals surface area contributed by atoms with Gasteiger partial charge in [-0.05, 0) is 36.7 Å². The molecule has 2 heterocycles. The number of carbonyl (C=O) groups excluding carboxylic acids is 1. The number of hydrogen-bond acceptors (Lipinski definition) is 5. The molecule has 1 aromatic carbocycles. The maximum Gasteiger partial charge on any atom is 0.236 e. The molecule has 0 spiro atoms. The molecule has 1 saturated heterocycles. The van der Waals surface area contributed by atoms with Crippen LogP contribution in [0.15, 0.2) is 40.2 Å². The third-order valence-electron chi connectivity index (χ3n) is 4.77. The van der Waals surface area contributed by atoms with E-state index in [1.54, 1.807) is 18.4 Å². The lowest BCUT2D eigenvalue weighted by molar-refractivity contribution is -0.134. The number of benzene rings is 1. The summed E-state index contributed by atoms with van der Waals surface area (Å²) in [5.74, 6) is 1.04. The van der Waals surface area contributed by atoms with Crippen molar-refractivity contribution in [3.63, 3.8) is 0 Å². The Labute approximate surface area is 173 Å². The summed E-state index contributed by atoms with van der Waals surface area (Å²) in [5, 5.41) is 2.12. The van der Waals surface area contributed by atoms with Crippen LogP contribution < -0.4 is 4.74 Å². The van der Waals surface area contributed by atoms with Gasteiger partial charge >= 0.3 is 0 Å². The quantitative estimate of drug-likeness (QED) is 0.646. The van der Waals surface area contributed by atoms with E-state index in [1.165, 1.54) is 4.88 Å². The van der Waals surface area contributed by atoms with E-state index in [0.717, 1.165) is 48.5 Å². The van der Waals surface area contributed by atoms with Crippen LogP contribution >= 0.6 is 27.3 Å². The van der Waals surface area contributed by atoms with Crippen LogP contribution in [0.2, 0.25) is 0 Å². The van der Waals surface area contributed by atoms with E-state index in [0.29, 0.717) is 13.1 Å². The van der Waals surface area contributed by atoms with Gasteiger partial charge in [0.15, 0.2) is 0 Å². The SMILES string of the molecule is COc1ccc(Br)cc1CN(C)CC(=O)N1CCN(Cc2cccs2)CC1. The van der Waals surface area contributed by atoms with Gasteiger partial charge < -0.3 is 9.64 Å². The molecular weight excluding hydrogens is 426 g/mol. The number of amides is 1. The van der Waals surface area contributed by atoms with Gasteiger partial charge in [0.1, 0.15) is 5.75 Å². The smallest absolute Gasteiger partial charge is 0.236 e. The number of thiophene rings is 1. The molecule has 0 N–H and O–H groups in total. The third-order valence-corrected chi connectivity index (χ3v) is 6.13. The van der Waals surface area contributed by atoms with Crippen LogP contribution in [0, 0.1) is 0 Å². The Hall–Kier alpha value is -1.41. The van der Waals surface area contributed by atoms with Gasteiger partial charge in [-0.25, -0.2) is 0 Å². The van der Waals surface area contributed by atoms with Crippen molar-refractivity contribution in [2.75, 3.05) is 46.9 Å². The fourth-order valence-electron chi connectivity index (χ4n) is 3.33. The summed E-state index contributed by atoms with van der Waals surface area (Å²) < 4.78 is 6.44. The lowest BCUT2D eigenvalue weighted by Gasteiger charge is -2.35. The average Bonchev–Trinajstić information content (AvgIpc) is 3.15. The molecule has 2 aromatic rings. The summed E-state index contributed by atoms with van der Waals surface area (Å²) in [4.78, 5) is 20.5. The molecule has 1 amide bonds. The predicted molar refractivity (Wildman–Crippen MR) is 113 cm³/mol. The first-order valence-electron chi connectivity index (χ1n) is 9.08. The Bertz CT molecular complexity index is 746. The van der Waals surface area contributed by atoms with Gasteiger partial charge in [0, 0.05) is 54.2 Å². The second kappa shape index (κ2) is 9.68. The number of carbonyl (C=O) groups is 1. The zero-order valence-electron chi connectivity index (χ0n) is 15.9. The maximum atomic E-state index is 12.7. The van der Waals surface area contributed by atoms with Crippen molar-refractivity contribution >= 4 is 33.2 Å². The van der Waals surface area contributed by atoms with Crippen molar-refractivity contribution in [2.24, 2.45) is 0 Å². The molecular formula is C20H26BrN3O2S. The highest BCUT2D eigenvalue weighted by atomic mass is 79.9. The van der Waals surface area contributed by atoms with Crippen LogP contribution in [-0.4, -0.2) is 67.5 Å². The number of nitrogens with zero attached hydrogens (tertiary/aromatic N) is 3. The monoisotopic (exact) mass is 451 g/mol. The molecule has 0 aliphatic carbocycles. The lowest BCUT2D eigenvalue weighted by atomic mass is 10.2. The van der Waals surface area contributed by atoms with E-state index in [1.807, 2.05) is 35.0 Å². The molecule has 1 aromatic heterocycles. The van der Waals surface area contributed by atoms with Crippen LogP contribution in [0.25, 0.3) is 0 Å². The van der Waals surface area contributed by atoms with Gasteiger partial charge in [-0.1, -0.05) is 22.0 Å². The van der Waals surface area contributed by atoms with Crippen LogP contribution in [0.1, 0.15) is 10.4 Å². The number of piperazine rings is 1. The Morgan fingerprint density at radius 3 is 2.70 bits per heavy atom. The van der Waals surface area contributed by atoms with E-state index >= 15 is 0 Å². The second-order valence-electron chi connectivity index (χ2n) is 6.86. The fourth-order valence-corrected chi connectivity index (χ4v) is 4.48. The van der Waals surface area contributed by atoms with Crippen molar-refractivity contribution in [2.45, 2.75) is 13.1 Å². The number of hydrogen-bond donors (Lipinski definition) is 0. The molecule has 0 atom stereocenters. The average molecular weight is 452 g/mol. The molecule has 146 valence electrons. The fraction of sp³-hybridized carbons (Fsp3) is 0.450. The molecule has 1 fully saturated rings. The van der Waals surface area contributed by atoms with Gasteiger partial charge in [-0.3, -0.25) is 14.6 Å². The second-order valence-corrected chi connectivity index (χ2v) is 8.81. The molecule has 5 nitrogen and oxygen atoms in total. The van der Waals surface area contributed by atoms with E-state index in [-0.39, 0.29) is 5.91 Å². The molecule has 7 heteroatoms. The first-order valence-corrected chi connectivity index (χ1v) is 10.8. The Balaban J connectivity index is 1.47. The Morgan fingerprint density at radius 2 is 2.04 bits per heavy atom. The minimum Gasteiger partial charge on any atom is -0.496 e. The topological polar surface area (TPSA) is 36.0 Å². The van der Waals surface area contributed by atoms with Crippen molar-refractivity contribution in [3.8, 4) is 5.75 Å². The standard InChI is InChI=1S/C20H26BrN3O2S/c1-22(13-16-12-17(21)5-6-19(16)26-2)15-20(25)24-9-7-23(8-10-24)14-18-4-3-11-27-18/h3-6,11-12H,7-10,13-15H2,1-2H3. The van der Waals surface area contributed by atoms with Gasteiger partial charge in [0.25, 0.3) is 0 Å². The summed E-state index contributed by atoms with van der Waals surface area (Å²) in [6, 6.07) is 10.2. The maximum absolute atomic E-state index is 12.7. The minimum atomic E-state index is 0.197. The zero-order valence-corrected chi connectivity index (χ0v) is 18.3. The summed E-state index contributed by atoms with van der Waals surface area (Å²) in [5.41, 5.74) is 1.07. The van der Waals surface area contributed by atoms with Crippen molar-refractivity contribution in [3.05, 3.63) is 50.6 Å². The van der Waals surface area contributed by atoms with Crippen molar-refractivity contribution < 1.29 is 9.53 Å². The summed E-state index contributed by atoms with van der Waals surface area (Å²) >= 11 is 5.30. The number of rotatable bonds is 7. The molecule has 0 bridgehead atoms. The van der Waals surface area contributed by atoms with Gasteiger partial charge in [0.2, 0.25) is 5.91 Å². The van der Waals surface area contributed by atoms with Crippen LogP contribution in [-0.2, 0) is 17.9 Å². The van der Waals surface area contributed by atoms with E-state index < -0.39 is 0 Å². The van der Waals surface area contributed by atoms with Crippen molar-refractivity contribution in [1.82, 2.24) is 14.7 Å². The lowest BCUT2D eigenvalue weighted by Crippen LogP contribution is -2.50. The summed E-state index contributed by atoms with van der Waals surface area (Å²) in [7, 11) is 3.65. The first kappa shape index (κ1) is 20.3. The van der Waals surface area contributed by atoms with Crippen LogP contribution in [0.3, 0.4) is 0 Å². The largest absolute Gasteiger partial charge is 0.496 e. The summed E-state index contributed by atoms with van der Waals surface area (Å²) in [6.07, 6.45) is 0. The van der Waals surface area contributed by atoms with E-state index in [4.69, 9.17) is 4.74 Å². The van der Waals surface area contributed by atoms with Crippen molar-refractivity contribution in [1.29, 1.82) is 0 Å². The van der Waals surface area contributed by atoms with E-state index in [2.05, 4.69) is 38.3 Å². The van der Waals surface area contributed by atoms with Gasteiger partial charge in [0.05, 0.1) is 13.7 Å². The normalized spacial score (nSPS) is 15.3. The molecule has 1 aliphatic rings. The minimum absolute atomic E-state index is 0.197. The zero-order chi connectivity index (χ0) is 19.2. The number of ether oxygens (including phenoxy) is 1. The predicted octanol–water partition coefficient (Wildman–Crippen LogP) is 3.30. The number of halogens is 1. The molecule has 0 unspecified atom stereocenters. The molecule has 3 rings (SSSR count). The number of likely N-dealkylation sites (N-methyl/N-ethyl adjacent to an activating group) is 1. The molecule has 0 saturated carbocycles. The Kier molecular flexibility index (Phi) is 7.29.